The molecule has 34 heavy (non-hydrogen) atoms. The number of amides is 2. The van der Waals surface area contributed by atoms with Crippen molar-refractivity contribution in [1.29, 1.82) is 0 Å². The number of rotatable bonds is 5. The Morgan fingerprint density at radius 2 is 1.85 bits per heavy atom. The molecule has 0 aliphatic carbocycles. The third-order valence-electron chi connectivity index (χ3n) is 5.68. The van der Waals surface area contributed by atoms with Gasteiger partial charge < -0.3 is 10.2 Å². The molecule has 4 aromatic rings. The summed E-state index contributed by atoms with van der Waals surface area (Å²) in [6, 6.07) is 18.9. The molecule has 1 atom stereocenters. The number of carbonyl (C=O) groups is 1. The Labute approximate surface area is 207 Å². The quantitative estimate of drug-likeness (QED) is 0.339. The number of nitrogens with zero attached hydrogens (tertiary/aromatic N) is 3. The zero-order chi connectivity index (χ0) is 24.4. The zero-order valence-electron chi connectivity index (χ0n) is 19.0. The van der Waals surface area contributed by atoms with Gasteiger partial charge in [-0.15, -0.1) is 0 Å². The van der Waals surface area contributed by atoms with Crippen LogP contribution in [0.4, 0.5) is 10.5 Å². The minimum Gasteiger partial charge on any atom is -0.315 e. The number of halogens is 2. The van der Waals surface area contributed by atoms with Gasteiger partial charge >= 0.3 is 6.03 Å². The van der Waals surface area contributed by atoms with Gasteiger partial charge in [0, 0.05) is 11.6 Å². The average molecular weight is 495 g/mol. The Hall–Kier alpha value is -3.35. The van der Waals surface area contributed by atoms with Crippen molar-refractivity contribution in [3.63, 3.8) is 0 Å². The van der Waals surface area contributed by atoms with Crippen molar-refractivity contribution >= 4 is 45.8 Å². The van der Waals surface area contributed by atoms with Crippen molar-refractivity contribution in [3.8, 4) is 5.69 Å². The number of hydrogen-bond donors (Lipinski definition) is 1. The van der Waals surface area contributed by atoms with Gasteiger partial charge in [-0.1, -0.05) is 47.5 Å². The van der Waals surface area contributed by atoms with Crippen LogP contribution in [0.3, 0.4) is 0 Å². The lowest BCUT2D eigenvalue weighted by Gasteiger charge is -2.29. The SMILES string of the molecule is CCN(C(=O)Nc1ccc(Cl)cc1Cl)C(C)c1nc2ccccc2c(=O)n1-c1cccc(C)c1. The Morgan fingerprint density at radius 3 is 2.56 bits per heavy atom. The molecule has 0 saturated heterocycles. The molecule has 0 bridgehead atoms. The molecule has 174 valence electrons. The molecular formula is C26H24Cl2N4O2. The average Bonchev–Trinajstić information content (AvgIpc) is 2.81. The van der Waals surface area contributed by atoms with E-state index in [0.29, 0.717) is 44.7 Å². The second kappa shape index (κ2) is 9.87. The van der Waals surface area contributed by atoms with Gasteiger partial charge in [0.1, 0.15) is 5.82 Å². The van der Waals surface area contributed by atoms with Crippen molar-refractivity contribution < 1.29 is 4.79 Å². The van der Waals surface area contributed by atoms with E-state index in [9.17, 15) is 9.59 Å². The van der Waals surface area contributed by atoms with Gasteiger partial charge in [0.05, 0.1) is 33.3 Å². The van der Waals surface area contributed by atoms with Gasteiger partial charge in [-0.2, -0.15) is 0 Å². The van der Waals surface area contributed by atoms with Crippen LogP contribution in [0, 0.1) is 6.92 Å². The molecule has 0 aliphatic heterocycles. The highest BCUT2D eigenvalue weighted by Crippen LogP contribution is 2.28. The van der Waals surface area contributed by atoms with E-state index in [1.165, 1.54) is 0 Å². The highest BCUT2D eigenvalue weighted by atomic mass is 35.5. The molecule has 0 spiro atoms. The molecule has 6 nitrogen and oxygen atoms in total. The summed E-state index contributed by atoms with van der Waals surface area (Å²) in [7, 11) is 0. The first-order valence-electron chi connectivity index (χ1n) is 10.9. The first-order valence-corrected chi connectivity index (χ1v) is 11.7. The van der Waals surface area contributed by atoms with Crippen LogP contribution in [0.5, 0.6) is 0 Å². The lowest BCUT2D eigenvalue weighted by Crippen LogP contribution is -2.39. The number of para-hydroxylation sites is 1. The fourth-order valence-electron chi connectivity index (χ4n) is 3.96. The summed E-state index contributed by atoms with van der Waals surface area (Å²) in [5.41, 5.74) is 2.55. The number of urea groups is 1. The standard InChI is InChI=1S/C26H24Cl2N4O2/c1-4-31(26(34)30-23-13-12-18(27)15-21(23)28)17(3)24-29-22-11-6-5-10-20(22)25(33)32(24)19-9-7-8-16(2)14-19/h5-15,17H,4H2,1-3H3,(H,30,34). The van der Waals surface area contributed by atoms with Gasteiger partial charge in [0.2, 0.25) is 0 Å². The van der Waals surface area contributed by atoms with Gasteiger partial charge in [-0.25, -0.2) is 9.78 Å². The summed E-state index contributed by atoms with van der Waals surface area (Å²) in [6.07, 6.45) is 0. The lowest BCUT2D eigenvalue weighted by molar-refractivity contribution is 0.193. The first-order chi connectivity index (χ1) is 16.3. The van der Waals surface area contributed by atoms with E-state index in [4.69, 9.17) is 28.2 Å². The fraction of sp³-hybridized carbons (Fsp3) is 0.192. The maximum absolute atomic E-state index is 13.6. The number of aromatic nitrogens is 2. The normalized spacial score (nSPS) is 11.9. The second-order valence-corrected chi connectivity index (χ2v) is 8.83. The number of fused-ring (bicyclic) bond motifs is 1. The third kappa shape index (κ3) is 4.65. The van der Waals surface area contributed by atoms with Gasteiger partial charge in [0.15, 0.2) is 0 Å². The van der Waals surface area contributed by atoms with Gasteiger partial charge in [-0.3, -0.25) is 9.36 Å². The Balaban J connectivity index is 1.81. The van der Waals surface area contributed by atoms with Crippen LogP contribution in [-0.4, -0.2) is 27.0 Å². The number of anilines is 1. The summed E-state index contributed by atoms with van der Waals surface area (Å²) >= 11 is 12.2. The Kier molecular flexibility index (Phi) is 6.91. The van der Waals surface area contributed by atoms with Crippen LogP contribution in [0.1, 0.15) is 31.3 Å². The van der Waals surface area contributed by atoms with Crippen molar-refractivity contribution in [1.82, 2.24) is 14.5 Å². The Morgan fingerprint density at radius 1 is 1.09 bits per heavy atom. The molecular weight excluding hydrogens is 471 g/mol. The molecule has 1 unspecified atom stereocenters. The molecule has 4 rings (SSSR count). The fourth-order valence-corrected chi connectivity index (χ4v) is 4.41. The van der Waals surface area contributed by atoms with Crippen molar-refractivity contribution in [2.45, 2.75) is 26.8 Å². The Bertz CT molecular complexity index is 1430. The number of carbonyl (C=O) groups excluding carboxylic acids is 1. The van der Waals surface area contributed by atoms with E-state index >= 15 is 0 Å². The van der Waals surface area contributed by atoms with Crippen LogP contribution in [0.25, 0.3) is 16.6 Å². The number of hydrogen-bond acceptors (Lipinski definition) is 3. The van der Waals surface area contributed by atoms with Crippen molar-refractivity contribution in [2.24, 2.45) is 0 Å². The molecule has 1 N–H and O–H groups in total. The molecule has 3 aromatic carbocycles. The van der Waals surface area contributed by atoms with Crippen LogP contribution >= 0.6 is 23.2 Å². The van der Waals surface area contributed by atoms with E-state index < -0.39 is 6.04 Å². The van der Waals surface area contributed by atoms with Crippen LogP contribution in [0.15, 0.2) is 71.5 Å². The summed E-state index contributed by atoms with van der Waals surface area (Å²) in [4.78, 5) is 33.3. The minimum absolute atomic E-state index is 0.185. The largest absolute Gasteiger partial charge is 0.322 e. The molecule has 8 heteroatoms. The summed E-state index contributed by atoms with van der Waals surface area (Å²) in [6.45, 7) is 6.08. The van der Waals surface area contributed by atoms with Gasteiger partial charge in [0.25, 0.3) is 5.56 Å². The summed E-state index contributed by atoms with van der Waals surface area (Å²) in [5, 5.41) is 4.17. The molecule has 1 aromatic heterocycles. The van der Waals surface area contributed by atoms with Crippen molar-refractivity contribution in [2.75, 3.05) is 11.9 Å². The lowest BCUT2D eigenvalue weighted by atomic mass is 10.1. The van der Waals surface area contributed by atoms with Crippen LogP contribution < -0.4 is 10.9 Å². The highest BCUT2D eigenvalue weighted by molar-refractivity contribution is 6.36. The first kappa shape index (κ1) is 23.8. The second-order valence-electron chi connectivity index (χ2n) is 7.98. The van der Waals surface area contributed by atoms with Crippen LogP contribution in [0.2, 0.25) is 10.0 Å². The molecule has 0 fully saturated rings. The van der Waals surface area contributed by atoms with E-state index in [1.807, 2.05) is 57.2 Å². The smallest absolute Gasteiger partial charge is 0.315 e. The monoisotopic (exact) mass is 494 g/mol. The van der Waals surface area contributed by atoms with Crippen molar-refractivity contribution in [3.05, 3.63) is 98.5 Å². The maximum Gasteiger partial charge on any atom is 0.322 e. The summed E-state index contributed by atoms with van der Waals surface area (Å²) in [5.74, 6) is 0.466. The van der Waals surface area contributed by atoms with Gasteiger partial charge in [-0.05, 0) is 68.8 Å². The number of benzene rings is 3. The molecule has 1 heterocycles. The summed E-state index contributed by atoms with van der Waals surface area (Å²) < 4.78 is 1.59. The van der Waals surface area contributed by atoms with E-state index in [1.54, 1.807) is 39.8 Å². The van der Waals surface area contributed by atoms with E-state index in [0.717, 1.165) is 5.56 Å². The third-order valence-corrected chi connectivity index (χ3v) is 6.22. The topological polar surface area (TPSA) is 67.2 Å². The molecule has 0 saturated carbocycles. The number of nitrogens with one attached hydrogen (secondary N) is 1. The van der Waals surface area contributed by atoms with E-state index in [-0.39, 0.29) is 11.6 Å². The minimum atomic E-state index is -0.520. The molecule has 0 aliphatic rings. The predicted molar refractivity (Wildman–Crippen MR) is 138 cm³/mol. The predicted octanol–water partition coefficient (Wildman–Crippen LogP) is 6.62. The maximum atomic E-state index is 13.6. The highest BCUT2D eigenvalue weighted by Gasteiger charge is 2.26. The van der Waals surface area contributed by atoms with Crippen LogP contribution in [-0.2, 0) is 0 Å². The molecule has 2 amide bonds. The zero-order valence-corrected chi connectivity index (χ0v) is 20.6. The molecule has 0 radical (unpaired) electrons. The number of aryl methyl sites for hydroxylation is 1. The van der Waals surface area contributed by atoms with E-state index in [2.05, 4.69) is 5.32 Å².